The number of carbonyl (C=O) groups is 1. The first-order chi connectivity index (χ1) is 5.11. The van der Waals surface area contributed by atoms with E-state index in [-0.39, 0.29) is 5.78 Å². The van der Waals surface area contributed by atoms with Gasteiger partial charge in [-0.15, -0.1) is 0 Å². The molecule has 0 aromatic heterocycles. The third-order valence-corrected chi connectivity index (χ3v) is 1.74. The first-order valence-corrected chi connectivity index (χ1v) is 3.69. The third kappa shape index (κ3) is 1.67. The third-order valence-electron chi connectivity index (χ3n) is 1.74. The van der Waals surface area contributed by atoms with E-state index in [0.717, 1.165) is 11.1 Å². The molecule has 0 heterocycles. The Hall–Kier alpha value is -1.11. The number of carbonyl (C=O) groups excluding carboxylic acids is 1. The number of hydrogen-bond donors (Lipinski definition) is 0. The van der Waals surface area contributed by atoms with Gasteiger partial charge in [-0.25, -0.2) is 0 Å². The molecular weight excluding hydrogens is 136 g/mol. The zero-order valence-electron chi connectivity index (χ0n) is 7.14. The number of Topliss-reactive ketones (excluding diaryl/α,β-unsaturated/α-hetero) is 1. The molecule has 0 fully saturated rings. The average Bonchev–Trinajstić information content (AvgIpc) is 2.33. The van der Waals surface area contributed by atoms with Crippen LogP contribution in [0.1, 0.15) is 20.8 Å². The molecule has 1 nitrogen and oxygen atoms in total. The van der Waals surface area contributed by atoms with Gasteiger partial charge in [-0.05, 0) is 32.4 Å². The molecule has 1 aliphatic rings. The minimum Gasteiger partial charge on any atom is -0.295 e. The Balaban J connectivity index is 2.97. The van der Waals surface area contributed by atoms with Crippen LogP contribution in [-0.4, -0.2) is 5.78 Å². The lowest BCUT2D eigenvalue weighted by atomic mass is 10.1. The lowest BCUT2D eigenvalue weighted by Gasteiger charge is -1.91. The smallest absolute Gasteiger partial charge is 0.159 e. The van der Waals surface area contributed by atoms with Crippen LogP contribution >= 0.6 is 0 Å². The largest absolute Gasteiger partial charge is 0.295 e. The molecule has 0 aliphatic heterocycles. The summed E-state index contributed by atoms with van der Waals surface area (Å²) in [6, 6.07) is 0. The van der Waals surface area contributed by atoms with Crippen LogP contribution in [-0.2, 0) is 4.79 Å². The highest BCUT2D eigenvalue weighted by Crippen LogP contribution is 2.18. The van der Waals surface area contributed by atoms with Crippen molar-refractivity contribution < 1.29 is 4.79 Å². The second-order valence-corrected chi connectivity index (χ2v) is 2.94. The molecule has 58 valence electrons. The first kappa shape index (κ1) is 7.99. The summed E-state index contributed by atoms with van der Waals surface area (Å²) >= 11 is 0. The summed E-state index contributed by atoms with van der Waals surface area (Å²) in [5.74, 6) is 0.137. The molecule has 0 aromatic rings. The topological polar surface area (TPSA) is 17.1 Å². The molecule has 0 saturated heterocycles. The van der Waals surface area contributed by atoms with Crippen LogP contribution in [0.3, 0.4) is 0 Å². The Morgan fingerprint density at radius 1 is 1.18 bits per heavy atom. The first-order valence-electron chi connectivity index (χ1n) is 3.69. The second kappa shape index (κ2) is 2.87. The highest BCUT2D eigenvalue weighted by atomic mass is 16.1. The summed E-state index contributed by atoms with van der Waals surface area (Å²) in [5.41, 5.74) is 3.22. The molecule has 0 N–H and O–H groups in total. The molecule has 1 rings (SSSR count). The van der Waals surface area contributed by atoms with Crippen LogP contribution in [0.2, 0.25) is 0 Å². The predicted octanol–water partition coefficient (Wildman–Crippen LogP) is 2.41. The van der Waals surface area contributed by atoms with Gasteiger partial charge in [0.2, 0.25) is 0 Å². The van der Waals surface area contributed by atoms with E-state index in [2.05, 4.69) is 0 Å². The van der Waals surface area contributed by atoms with E-state index < -0.39 is 0 Å². The van der Waals surface area contributed by atoms with E-state index >= 15 is 0 Å². The van der Waals surface area contributed by atoms with Gasteiger partial charge in [-0.1, -0.05) is 17.7 Å². The fourth-order valence-electron chi connectivity index (χ4n) is 0.973. The number of hydrogen-bond acceptors (Lipinski definition) is 1. The summed E-state index contributed by atoms with van der Waals surface area (Å²) in [5, 5.41) is 0. The number of ketones is 1. The molecule has 0 bridgehead atoms. The Morgan fingerprint density at radius 2 is 1.82 bits per heavy atom. The molecule has 0 aromatic carbocycles. The van der Waals surface area contributed by atoms with Crippen molar-refractivity contribution in [3.8, 4) is 0 Å². The Morgan fingerprint density at radius 3 is 2.09 bits per heavy atom. The van der Waals surface area contributed by atoms with Crippen LogP contribution in [0.5, 0.6) is 0 Å². The standard InChI is InChI=1S/C10H12O/c1-7(2)9-4-5-10(6-9)8(3)11/h4-6H,1-3H3. The molecule has 0 saturated carbocycles. The summed E-state index contributed by atoms with van der Waals surface area (Å²) in [4.78, 5) is 10.9. The molecule has 0 radical (unpaired) electrons. The summed E-state index contributed by atoms with van der Waals surface area (Å²) in [7, 11) is 0. The van der Waals surface area contributed by atoms with Crippen LogP contribution in [0.25, 0.3) is 0 Å². The average molecular weight is 148 g/mol. The van der Waals surface area contributed by atoms with Crippen LogP contribution in [0.4, 0.5) is 0 Å². The van der Waals surface area contributed by atoms with Gasteiger partial charge in [-0.3, -0.25) is 4.79 Å². The maximum absolute atomic E-state index is 10.9. The molecule has 0 spiro atoms. The van der Waals surface area contributed by atoms with Crippen molar-refractivity contribution in [1.29, 1.82) is 0 Å². The van der Waals surface area contributed by atoms with E-state index in [1.54, 1.807) is 6.92 Å². The van der Waals surface area contributed by atoms with Crippen molar-refractivity contribution in [3.05, 3.63) is 34.9 Å². The lowest BCUT2D eigenvalue weighted by molar-refractivity contribution is -0.113. The van der Waals surface area contributed by atoms with Crippen molar-refractivity contribution in [2.24, 2.45) is 0 Å². The maximum Gasteiger partial charge on any atom is 0.159 e. The quantitative estimate of drug-likeness (QED) is 0.558. The zero-order valence-corrected chi connectivity index (χ0v) is 7.14. The molecule has 0 atom stereocenters. The molecule has 1 aliphatic carbocycles. The minimum absolute atomic E-state index is 0.137. The van der Waals surface area contributed by atoms with Crippen molar-refractivity contribution in [2.45, 2.75) is 20.8 Å². The van der Waals surface area contributed by atoms with Gasteiger partial charge in [0.15, 0.2) is 5.78 Å². The van der Waals surface area contributed by atoms with Crippen molar-refractivity contribution in [1.82, 2.24) is 0 Å². The summed E-state index contributed by atoms with van der Waals surface area (Å²) in [6.07, 6.45) is 5.77. The van der Waals surface area contributed by atoms with Gasteiger partial charge < -0.3 is 0 Å². The Bertz CT molecular complexity index is 273. The Kier molecular flexibility index (Phi) is 2.08. The van der Waals surface area contributed by atoms with Gasteiger partial charge >= 0.3 is 0 Å². The van der Waals surface area contributed by atoms with Crippen molar-refractivity contribution >= 4 is 5.78 Å². The van der Waals surface area contributed by atoms with Gasteiger partial charge in [-0.2, -0.15) is 0 Å². The van der Waals surface area contributed by atoms with Gasteiger partial charge in [0.05, 0.1) is 0 Å². The van der Waals surface area contributed by atoms with Gasteiger partial charge in [0.1, 0.15) is 0 Å². The molecule has 11 heavy (non-hydrogen) atoms. The van der Waals surface area contributed by atoms with E-state index in [9.17, 15) is 4.79 Å². The molecular formula is C10H12O. The van der Waals surface area contributed by atoms with E-state index in [4.69, 9.17) is 0 Å². The summed E-state index contributed by atoms with van der Waals surface area (Å²) in [6.45, 7) is 5.67. The summed E-state index contributed by atoms with van der Waals surface area (Å²) < 4.78 is 0. The van der Waals surface area contributed by atoms with E-state index in [0.29, 0.717) is 0 Å². The minimum atomic E-state index is 0.137. The number of rotatable bonds is 1. The maximum atomic E-state index is 10.9. The highest BCUT2D eigenvalue weighted by molar-refractivity contribution is 5.98. The Labute approximate surface area is 67.1 Å². The zero-order chi connectivity index (χ0) is 8.43. The lowest BCUT2D eigenvalue weighted by Crippen LogP contribution is -1.89. The highest BCUT2D eigenvalue weighted by Gasteiger charge is 2.06. The SMILES string of the molecule is CC(=O)C1=CC(=C(C)C)C=C1. The van der Waals surface area contributed by atoms with E-state index in [1.807, 2.05) is 32.1 Å². The fourth-order valence-corrected chi connectivity index (χ4v) is 0.973. The molecule has 0 amide bonds. The van der Waals surface area contributed by atoms with Crippen LogP contribution in [0, 0.1) is 0 Å². The van der Waals surface area contributed by atoms with E-state index in [1.165, 1.54) is 5.57 Å². The monoisotopic (exact) mass is 148 g/mol. The van der Waals surface area contributed by atoms with Gasteiger partial charge in [0, 0.05) is 5.57 Å². The van der Waals surface area contributed by atoms with Gasteiger partial charge in [0.25, 0.3) is 0 Å². The second-order valence-electron chi connectivity index (χ2n) is 2.94. The number of allylic oxidation sites excluding steroid dienone is 6. The fraction of sp³-hybridized carbons (Fsp3) is 0.300. The van der Waals surface area contributed by atoms with Crippen molar-refractivity contribution in [3.63, 3.8) is 0 Å². The van der Waals surface area contributed by atoms with Crippen LogP contribution < -0.4 is 0 Å². The molecule has 1 heteroatoms. The van der Waals surface area contributed by atoms with Crippen LogP contribution in [0.15, 0.2) is 34.9 Å². The predicted molar refractivity (Wildman–Crippen MR) is 46.3 cm³/mol. The molecule has 0 unspecified atom stereocenters. The normalized spacial score (nSPS) is 15.2. The van der Waals surface area contributed by atoms with Crippen molar-refractivity contribution in [2.75, 3.05) is 0 Å².